The number of hydrogen-bond acceptors (Lipinski definition) is 3. The summed E-state index contributed by atoms with van der Waals surface area (Å²) in [5, 5.41) is 9.18. The summed E-state index contributed by atoms with van der Waals surface area (Å²) >= 11 is 0. The lowest BCUT2D eigenvalue weighted by atomic mass is 10.1. The molecule has 5 nitrogen and oxygen atoms in total. The molecule has 1 heterocycles. The van der Waals surface area contributed by atoms with Gasteiger partial charge in [0.2, 0.25) is 5.95 Å². The molecule has 1 aromatic carbocycles. The predicted molar refractivity (Wildman–Crippen MR) is 65.0 cm³/mol. The molecule has 0 aliphatic heterocycles. The molecule has 0 radical (unpaired) electrons. The van der Waals surface area contributed by atoms with Crippen LogP contribution in [-0.4, -0.2) is 21.1 Å². The lowest BCUT2D eigenvalue weighted by Crippen LogP contribution is -2.14. The van der Waals surface area contributed by atoms with Gasteiger partial charge in [0.15, 0.2) is 0 Å². The highest BCUT2D eigenvalue weighted by Gasteiger charge is 2.11. The van der Waals surface area contributed by atoms with Gasteiger partial charge < -0.3 is 0 Å². The molecular formula is C12H14N4O. The van der Waals surface area contributed by atoms with Gasteiger partial charge in [-0.2, -0.15) is 4.98 Å². The highest BCUT2D eigenvalue weighted by Crippen LogP contribution is 2.12. The molecule has 1 aromatic heterocycles. The van der Waals surface area contributed by atoms with Gasteiger partial charge in [0, 0.05) is 5.56 Å². The van der Waals surface area contributed by atoms with Crippen molar-refractivity contribution < 1.29 is 4.79 Å². The summed E-state index contributed by atoms with van der Waals surface area (Å²) in [6.45, 7) is 5.68. The molecule has 17 heavy (non-hydrogen) atoms. The van der Waals surface area contributed by atoms with E-state index < -0.39 is 0 Å². The van der Waals surface area contributed by atoms with Crippen LogP contribution in [0, 0.1) is 20.8 Å². The van der Waals surface area contributed by atoms with E-state index in [4.69, 9.17) is 0 Å². The Labute approximate surface area is 99.3 Å². The van der Waals surface area contributed by atoms with E-state index in [-0.39, 0.29) is 5.91 Å². The number of benzene rings is 1. The molecule has 0 fully saturated rings. The molecule has 0 unspecified atom stereocenters. The number of nitrogens with one attached hydrogen (secondary N) is 2. The van der Waals surface area contributed by atoms with Crippen molar-refractivity contribution in [2.45, 2.75) is 20.8 Å². The second-order valence-electron chi connectivity index (χ2n) is 4.02. The number of aromatic amines is 1. The number of hydrogen-bond donors (Lipinski definition) is 2. The first kappa shape index (κ1) is 11.3. The first-order valence-corrected chi connectivity index (χ1v) is 5.34. The Morgan fingerprint density at radius 2 is 2.06 bits per heavy atom. The summed E-state index contributed by atoms with van der Waals surface area (Å²) in [5.74, 6) is 0.773. The van der Waals surface area contributed by atoms with Crippen molar-refractivity contribution in [1.82, 2.24) is 15.2 Å². The van der Waals surface area contributed by atoms with Gasteiger partial charge in [0.05, 0.1) is 0 Å². The third-order valence-electron chi connectivity index (χ3n) is 2.45. The van der Waals surface area contributed by atoms with Crippen LogP contribution in [-0.2, 0) is 0 Å². The smallest absolute Gasteiger partial charge is 0.258 e. The first-order valence-electron chi connectivity index (χ1n) is 5.34. The van der Waals surface area contributed by atoms with Gasteiger partial charge in [-0.1, -0.05) is 17.7 Å². The van der Waals surface area contributed by atoms with E-state index in [1.165, 1.54) is 0 Å². The molecule has 0 spiro atoms. The Kier molecular flexibility index (Phi) is 2.91. The predicted octanol–water partition coefficient (Wildman–Crippen LogP) is 1.98. The fourth-order valence-corrected chi connectivity index (χ4v) is 1.64. The molecule has 0 aliphatic rings. The Bertz CT molecular complexity index is 559. The van der Waals surface area contributed by atoms with Crippen LogP contribution in [0.5, 0.6) is 0 Å². The summed E-state index contributed by atoms with van der Waals surface area (Å²) in [5.41, 5.74) is 2.71. The molecule has 5 heteroatoms. The van der Waals surface area contributed by atoms with Gasteiger partial charge in [-0.25, -0.2) is 0 Å². The van der Waals surface area contributed by atoms with E-state index in [0.717, 1.165) is 11.1 Å². The van der Waals surface area contributed by atoms with Crippen molar-refractivity contribution in [3.63, 3.8) is 0 Å². The highest BCUT2D eigenvalue weighted by molar-refractivity contribution is 6.04. The maximum atomic E-state index is 12.0. The number of amides is 1. The van der Waals surface area contributed by atoms with Crippen LogP contribution in [0.4, 0.5) is 5.95 Å². The highest BCUT2D eigenvalue weighted by atomic mass is 16.1. The number of H-pyrrole nitrogens is 1. The Morgan fingerprint density at radius 1 is 1.29 bits per heavy atom. The minimum Gasteiger partial charge on any atom is -0.289 e. The van der Waals surface area contributed by atoms with Gasteiger partial charge in [0.1, 0.15) is 5.82 Å². The van der Waals surface area contributed by atoms with Gasteiger partial charge in [0.25, 0.3) is 5.91 Å². The number of carbonyl (C=O) groups is 1. The van der Waals surface area contributed by atoms with Crippen molar-refractivity contribution in [3.05, 3.63) is 40.7 Å². The van der Waals surface area contributed by atoms with Crippen LogP contribution in [0.3, 0.4) is 0 Å². The van der Waals surface area contributed by atoms with Crippen molar-refractivity contribution in [3.8, 4) is 0 Å². The SMILES string of the molecule is Cc1ccc(C(=O)Nc2n[nH]c(C)n2)c(C)c1. The van der Waals surface area contributed by atoms with Crippen LogP contribution >= 0.6 is 0 Å². The van der Waals surface area contributed by atoms with E-state index in [0.29, 0.717) is 17.3 Å². The Hall–Kier alpha value is -2.17. The molecule has 88 valence electrons. The second-order valence-corrected chi connectivity index (χ2v) is 4.02. The molecular weight excluding hydrogens is 216 g/mol. The van der Waals surface area contributed by atoms with Crippen molar-refractivity contribution in [2.24, 2.45) is 0 Å². The lowest BCUT2D eigenvalue weighted by molar-refractivity contribution is 0.102. The summed E-state index contributed by atoms with van der Waals surface area (Å²) in [7, 11) is 0. The molecule has 0 saturated carbocycles. The average Bonchev–Trinajstić information content (AvgIpc) is 2.63. The number of aryl methyl sites for hydroxylation is 3. The summed E-state index contributed by atoms with van der Waals surface area (Å²) < 4.78 is 0. The maximum Gasteiger partial charge on any atom is 0.258 e. The van der Waals surface area contributed by atoms with E-state index in [2.05, 4.69) is 20.5 Å². The number of aromatic nitrogens is 3. The standard InChI is InChI=1S/C12H14N4O/c1-7-4-5-10(8(2)6-7)11(17)14-12-13-9(3)15-16-12/h4-6H,1-3H3,(H2,13,14,15,16,17). The third kappa shape index (κ3) is 2.50. The van der Waals surface area contributed by atoms with Crippen molar-refractivity contribution in [2.75, 3.05) is 5.32 Å². The lowest BCUT2D eigenvalue weighted by Gasteiger charge is -2.05. The number of nitrogens with zero attached hydrogens (tertiary/aromatic N) is 2. The van der Waals surface area contributed by atoms with E-state index >= 15 is 0 Å². The molecule has 2 N–H and O–H groups in total. The third-order valence-corrected chi connectivity index (χ3v) is 2.45. The molecule has 0 bridgehead atoms. The minimum atomic E-state index is -0.193. The molecule has 0 saturated heterocycles. The molecule has 2 rings (SSSR count). The van der Waals surface area contributed by atoms with Crippen LogP contribution in [0.1, 0.15) is 27.3 Å². The summed E-state index contributed by atoms with van der Waals surface area (Å²) in [4.78, 5) is 16.0. The zero-order valence-electron chi connectivity index (χ0n) is 10.0. The van der Waals surface area contributed by atoms with Gasteiger partial charge in [-0.05, 0) is 32.4 Å². The van der Waals surface area contributed by atoms with Crippen LogP contribution in [0.25, 0.3) is 0 Å². The Balaban J connectivity index is 2.20. The quantitative estimate of drug-likeness (QED) is 0.828. The van der Waals surface area contributed by atoms with Crippen molar-refractivity contribution in [1.29, 1.82) is 0 Å². The zero-order chi connectivity index (χ0) is 12.4. The maximum absolute atomic E-state index is 12.0. The van der Waals surface area contributed by atoms with E-state index in [1.54, 1.807) is 13.0 Å². The van der Waals surface area contributed by atoms with Gasteiger partial charge >= 0.3 is 0 Å². The molecule has 0 atom stereocenters. The van der Waals surface area contributed by atoms with Gasteiger partial charge in [-0.3, -0.25) is 15.2 Å². The molecule has 0 aliphatic carbocycles. The molecule has 1 amide bonds. The minimum absolute atomic E-state index is 0.193. The summed E-state index contributed by atoms with van der Waals surface area (Å²) in [6, 6.07) is 5.68. The fraction of sp³-hybridized carbons (Fsp3) is 0.250. The fourth-order valence-electron chi connectivity index (χ4n) is 1.64. The Morgan fingerprint density at radius 3 is 2.65 bits per heavy atom. The second kappa shape index (κ2) is 4.37. The van der Waals surface area contributed by atoms with Crippen LogP contribution < -0.4 is 5.32 Å². The largest absolute Gasteiger partial charge is 0.289 e. The summed E-state index contributed by atoms with van der Waals surface area (Å²) in [6.07, 6.45) is 0. The topological polar surface area (TPSA) is 70.7 Å². The monoisotopic (exact) mass is 230 g/mol. The zero-order valence-corrected chi connectivity index (χ0v) is 10.0. The van der Waals surface area contributed by atoms with Gasteiger partial charge in [-0.15, -0.1) is 5.10 Å². The normalized spacial score (nSPS) is 10.3. The number of carbonyl (C=O) groups excluding carboxylic acids is 1. The number of anilines is 1. The average molecular weight is 230 g/mol. The number of rotatable bonds is 2. The van der Waals surface area contributed by atoms with Crippen LogP contribution in [0.2, 0.25) is 0 Å². The van der Waals surface area contributed by atoms with Crippen LogP contribution in [0.15, 0.2) is 18.2 Å². The van der Waals surface area contributed by atoms with Crippen molar-refractivity contribution >= 4 is 11.9 Å². The van der Waals surface area contributed by atoms with E-state index in [1.807, 2.05) is 26.0 Å². The van der Waals surface area contributed by atoms with E-state index in [9.17, 15) is 4.79 Å². The first-order chi connectivity index (χ1) is 8.06. The molecule has 2 aromatic rings.